The van der Waals surface area contributed by atoms with Gasteiger partial charge in [-0.3, -0.25) is 0 Å². The fourth-order valence-electron chi connectivity index (χ4n) is 0.0386. The minimum atomic E-state index is 1.23. The fourth-order valence-corrected chi connectivity index (χ4v) is 0.116. The van der Waals surface area contributed by atoms with Gasteiger partial charge in [0.05, 0.1) is 5.54 Å². The maximum absolute atomic E-state index is 4.96. The van der Waals surface area contributed by atoms with Crippen LogP contribution in [0.5, 0.6) is 0 Å². The topological polar surface area (TPSA) is 0 Å². The molecule has 0 N–H and O–H groups in total. The lowest BCUT2D eigenvalue weighted by Gasteiger charge is -1.37. The van der Waals surface area contributed by atoms with E-state index in [1.165, 1.54) is 5.54 Å². The third kappa shape index (κ3) is 3.59. The predicted octanol–water partition coefficient (Wildman–Crippen LogP) is 1.68. The second-order valence-corrected chi connectivity index (χ2v) is 0.648. The van der Waals surface area contributed by atoms with Crippen molar-refractivity contribution in [1.82, 2.24) is 0 Å². The molecule has 0 aromatic carbocycles. The van der Waals surface area contributed by atoms with Gasteiger partial charge >= 0.3 is 0 Å². The Balaban J connectivity index is 3.75. The van der Waals surface area contributed by atoms with Crippen molar-refractivity contribution in [2.24, 2.45) is 0 Å². The first kappa shape index (κ1) is 4.59. The summed E-state index contributed by atoms with van der Waals surface area (Å²) in [4.78, 5) is 0. The van der Waals surface area contributed by atoms with Crippen LogP contribution in [0.4, 0.5) is 0 Å². The molecule has 0 bridgehead atoms. The van der Waals surface area contributed by atoms with Crippen molar-refractivity contribution in [2.45, 2.75) is 0 Å². The highest BCUT2D eigenvalue weighted by Gasteiger charge is 1.32. The molecule has 0 atom stereocenters. The Morgan fingerprint density at radius 2 is 2.40 bits per heavy atom. The van der Waals surface area contributed by atoms with Crippen LogP contribution < -0.4 is 0 Å². The standard InChI is InChI=1S/C4H3Cl/c1-2-3-4-5/h4H,1H2. The zero-order valence-corrected chi connectivity index (χ0v) is 3.42. The van der Waals surface area contributed by atoms with Gasteiger partial charge in [-0.25, -0.2) is 0 Å². The Labute approximate surface area is 36.1 Å². The van der Waals surface area contributed by atoms with Gasteiger partial charge in [0.1, 0.15) is 0 Å². The lowest BCUT2D eigenvalue weighted by molar-refractivity contribution is 2.32. The van der Waals surface area contributed by atoms with Crippen molar-refractivity contribution in [2.75, 3.05) is 0 Å². The molecule has 26 valence electrons. The van der Waals surface area contributed by atoms with Gasteiger partial charge in [0.15, 0.2) is 0 Å². The zero-order chi connectivity index (χ0) is 4.12. The van der Waals surface area contributed by atoms with Gasteiger partial charge in [-0.05, 0) is 6.58 Å². The van der Waals surface area contributed by atoms with Crippen LogP contribution in [0.1, 0.15) is 0 Å². The average Bonchev–Trinajstić information content (AvgIpc) is 1.41. The summed E-state index contributed by atoms with van der Waals surface area (Å²) in [7, 11) is 0. The SMILES string of the molecule is C=C=C=CCl. The molecule has 0 aromatic heterocycles. The van der Waals surface area contributed by atoms with Crippen LogP contribution in [0.3, 0.4) is 0 Å². The van der Waals surface area contributed by atoms with Gasteiger partial charge in [-0.15, -0.1) is 0 Å². The van der Waals surface area contributed by atoms with Crippen LogP contribution in [0.2, 0.25) is 0 Å². The van der Waals surface area contributed by atoms with E-state index < -0.39 is 0 Å². The van der Waals surface area contributed by atoms with Gasteiger partial charge < -0.3 is 0 Å². The van der Waals surface area contributed by atoms with E-state index in [2.05, 4.69) is 18.0 Å². The molecular formula is C4H3Cl. The quantitative estimate of drug-likeness (QED) is 0.394. The number of hydrogen-bond acceptors (Lipinski definition) is 0. The minimum absolute atomic E-state index is 1.23. The summed E-state index contributed by atoms with van der Waals surface area (Å²) in [6.45, 7) is 3.20. The molecule has 0 aliphatic heterocycles. The summed E-state index contributed by atoms with van der Waals surface area (Å²) in [6.07, 6.45) is 0. The van der Waals surface area contributed by atoms with Crippen molar-refractivity contribution in [3.63, 3.8) is 0 Å². The second kappa shape index (κ2) is 3.59. The fraction of sp³-hybridized carbons (Fsp3) is 0. The van der Waals surface area contributed by atoms with Crippen LogP contribution in [0.15, 0.2) is 23.6 Å². The van der Waals surface area contributed by atoms with Gasteiger partial charge in [-0.2, -0.15) is 0 Å². The first-order valence-corrected chi connectivity index (χ1v) is 1.55. The van der Waals surface area contributed by atoms with Crippen LogP contribution >= 0.6 is 11.6 Å². The van der Waals surface area contributed by atoms with E-state index in [1.807, 2.05) is 0 Å². The van der Waals surface area contributed by atoms with Gasteiger partial charge in [0.2, 0.25) is 0 Å². The maximum atomic E-state index is 4.96. The molecule has 0 radical (unpaired) electrons. The first-order chi connectivity index (χ1) is 2.41. The monoisotopic (exact) mass is 86.0 g/mol. The molecule has 5 heavy (non-hydrogen) atoms. The highest BCUT2D eigenvalue weighted by molar-refractivity contribution is 6.25. The molecule has 0 rings (SSSR count). The molecule has 0 heterocycles. The van der Waals surface area contributed by atoms with E-state index in [9.17, 15) is 0 Å². The maximum Gasteiger partial charge on any atom is 0.0546 e. The predicted molar refractivity (Wildman–Crippen MR) is 23.1 cm³/mol. The lowest BCUT2D eigenvalue weighted by Crippen LogP contribution is -1.11. The molecule has 0 aliphatic rings. The molecule has 1 heteroatoms. The Bertz CT molecular complexity index is 81.8. The molecule has 0 aromatic rings. The minimum Gasteiger partial charge on any atom is -0.0831 e. The van der Waals surface area contributed by atoms with E-state index in [-0.39, 0.29) is 0 Å². The van der Waals surface area contributed by atoms with Crippen LogP contribution in [-0.2, 0) is 0 Å². The van der Waals surface area contributed by atoms with E-state index in [4.69, 9.17) is 11.6 Å². The molecular weight excluding hydrogens is 83.5 g/mol. The largest absolute Gasteiger partial charge is 0.0831 e. The van der Waals surface area contributed by atoms with Gasteiger partial charge in [0, 0.05) is 0 Å². The van der Waals surface area contributed by atoms with Crippen molar-refractivity contribution in [3.8, 4) is 0 Å². The number of hydrogen-bond donors (Lipinski definition) is 0. The molecule has 0 saturated heterocycles. The molecule has 0 fully saturated rings. The molecule has 0 unspecified atom stereocenters. The lowest BCUT2D eigenvalue weighted by atomic mass is 10.9. The molecule has 0 aliphatic carbocycles. The summed E-state index contributed by atoms with van der Waals surface area (Å²) in [5.74, 6) is 0. The molecule has 0 amide bonds. The highest BCUT2D eigenvalue weighted by atomic mass is 35.5. The second-order valence-electron chi connectivity index (χ2n) is 0.430. The van der Waals surface area contributed by atoms with E-state index in [0.29, 0.717) is 0 Å². The summed E-state index contributed by atoms with van der Waals surface area (Å²) in [6, 6.07) is 0. The van der Waals surface area contributed by atoms with E-state index in [0.717, 1.165) is 0 Å². The van der Waals surface area contributed by atoms with Crippen LogP contribution in [0.25, 0.3) is 0 Å². The summed E-state index contributed by atoms with van der Waals surface area (Å²) in [5.41, 5.74) is 5.95. The summed E-state index contributed by atoms with van der Waals surface area (Å²) >= 11 is 4.96. The molecule has 0 nitrogen and oxygen atoms in total. The van der Waals surface area contributed by atoms with E-state index in [1.54, 1.807) is 0 Å². The van der Waals surface area contributed by atoms with Crippen molar-refractivity contribution < 1.29 is 0 Å². The normalized spacial score (nSPS) is 4.20. The zero-order valence-electron chi connectivity index (χ0n) is 2.66. The van der Waals surface area contributed by atoms with Crippen molar-refractivity contribution in [3.05, 3.63) is 23.6 Å². The molecule has 0 saturated carbocycles. The average molecular weight is 86.5 g/mol. The summed E-state index contributed by atoms with van der Waals surface area (Å²) < 4.78 is 0. The van der Waals surface area contributed by atoms with Gasteiger partial charge in [0.25, 0.3) is 0 Å². The van der Waals surface area contributed by atoms with Crippen molar-refractivity contribution >= 4 is 11.6 Å². The Morgan fingerprint density at radius 3 is 2.40 bits per heavy atom. The summed E-state index contributed by atoms with van der Waals surface area (Å²) in [5, 5.41) is 0. The Kier molecular flexibility index (Phi) is 3.30. The van der Waals surface area contributed by atoms with Gasteiger partial charge in [-0.1, -0.05) is 23.1 Å². The molecule has 0 spiro atoms. The smallest absolute Gasteiger partial charge is 0.0546 e. The third-order valence-corrected chi connectivity index (χ3v) is 0.266. The van der Waals surface area contributed by atoms with Crippen LogP contribution in [0, 0.1) is 0 Å². The number of halogens is 1. The number of rotatable bonds is 0. The Hall–Kier alpha value is -0.410. The Morgan fingerprint density at radius 1 is 1.80 bits per heavy atom. The third-order valence-electron chi connectivity index (χ3n) is 0.157. The first-order valence-electron chi connectivity index (χ1n) is 1.11. The van der Waals surface area contributed by atoms with E-state index >= 15 is 0 Å². The van der Waals surface area contributed by atoms with Crippen molar-refractivity contribution in [1.29, 1.82) is 0 Å². The highest BCUT2D eigenvalue weighted by Crippen LogP contribution is 1.66. The van der Waals surface area contributed by atoms with Crippen LogP contribution in [-0.4, -0.2) is 0 Å².